The predicted molar refractivity (Wildman–Crippen MR) is 78.4 cm³/mol. The van der Waals surface area contributed by atoms with Crippen molar-refractivity contribution in [2.24, 2.45) is 0 Å². The van der Waals surface area contributed by atoms with Crippen molar-refractivity contribution in [1.82, 2.24) is 4.90 Å². The Hall–Kier alpha value is -1.61. The predicted octanol–water partition coefficient (Wildman–Crippen LogP) is 4.12. The van der Waals surface area contributed by atoms with E-state index in [1.54, 1.807) is 11.3 Å². The Morgan fingerprint density at radius 3 is 2.68 bits per heavy atom. The lowest BCUT2D eigenvalue weighted by Gasteiger charge is -2.35. The highest BCUT2D eigenvalue weighted by Gasteiger charge is 2.28. The number of piperidine rings is 1. The molecule has 1 aliphatic rings. The molecule has 1 amide bonds. The van der Waals surface area contributed by atoms with Gasteiger partial charge in [0.1, 0.15) is 0 Å². The van der Waals surface area contributed by atoms with E-state index >= 15 is 0 Å². The summed E-state index contributed by atoms with van der Waals surface area (Å²) in [5.41, 5.74) is 0.797. The zero-order valence-electron chi connectivity index (χ0n) is 10.8. The lowest BCUT2D eigenvalue weighted by atomic mass is 9.99. The van der Waals surface area contributed by atoms with E-state index < -0.39 is 0 Å². The molecular formula is C16H17NOS. The second kappa shape index (κ2) is 5.57. The van der Waals surface area contributed by atoms with Crippen molar-refractivity contribution in [3.63, 3.8) is 0 Å². The van der Waals surface area contributed by atoms with Crippen molar-refractivity contribution in [3.8, 4) is 0 Å². The van der Waals surface area contributed by atoms with E-state index in [1.807, 2.05) is 35.2 Å². The molecule has 2 nitrogen and oxygen atoms in total. The van der Waals surface area contributed by atoms with E-state index in [2.05, 4.69) is 17.5 Å². The zero-order chi connectivity index (χ0) is 13.1. The molecule has 1 aromatic heterocycles. The standard InChI is InChI=1S/C16H17NOS/c18-16(13-7-2-1-3-8-13)17-11-5-4-9-14(17)15-10-6-12-19-15/h1-3,6-8,10,12,14H,4-5,9,11H2/t14-/m1/s1. The quantitative estimate of drug-likeness (QED) is 0.804. The minimum Gasteiger partial charge on any atom is -0.331 e. The number of thiophene rings is 1. The fourth-order valence-corrected chi connectivity index (χ4v) is 3.57. The molecule has 0 aliphatic carbocycles. The van der Waals surface area contributed by atoms with Crippen LogP contribution in [0, 0.1) is 0 Å². The van der Waals surface area contributed by atoms with E-state index in [-0.39, 0.29) is 11.9 Å². The topological polar surface area (TPSA) is 20.3 Å². The summed E-state index contributed by atoms with van der Waals surface area (Å²) in [5.74, 6) is 0.165. The van der Waals surface area contributed by atoms with E-state index in [4.69, 9.17) is 0 Å². The van der Waals surface area contributed by atoms with Gasteiger partial charge in [0, 0.05) is 17.0 Å². The van der Waals surface area contributed by atoms with Crippen LogP contribution in [0.5, 0.6) is 0 Å². The highest BCUT2D eigenvalue weighted by molar-refractivity contribution is 7.10. The first kappa shape index (κ1) is 12.4. The van der Waals surface area contributed by atoms with Crippen LogP contribution in [0.4, 0.5) is 0 Å². The zero-order valence-corrected chi connectivity index (χ0v) is 11.6. The molecule has 2 aromatic rings. The van der Waals surface area contributed by atoms with Crippen LogP contribution in [-0.2, 0) is 0 Å². The van der Waals surface area contributed by atoms with Gasteiger partial charge in [-0.3, -0.25) is 4.79 Å². The molecular weight excluding hydrogens is 254 g/mol. The van der Waals surface area contributed by atoms with Crippen molar-refractivity contribution in [1.29, 1.82) is 0 Å². The van der Waals surface area contributed by atoms with Crippen molar-refractivity contribution < 1.29 is 4.79 Å². The summed E-state index contributed by atoms with van der Waals surface area (Å²) in [6, 6.07) is 14.1. The van der Waals surface area contributed by atoms with Crippen LogP contribution in [0.15, 0.2) is 47.8 Å². The molecule has 0 spiro atoms. The van der Waals surface area contributed by atoms with Crippen LogP contribution < -0.4 is 0 Å². The van der Waals surface area contributed by atoms with Crippen molar-refractivity contribution in [3.05, 3.63) is 58.3 Å². The van der Waals surface area contributed by atoms with Crippen LogP contribution in [-0.4, -0.2) is 17.4 Å². The third-order valence-corrected chi connectivity index (χ3v) is 4.63. The molecule has 0 N–H and O–H groups in total. The van der Waals surface area contributed by atoms with E-state index in [1.165, 1.54) is 11.3 Å². The fourth-order valence-electron chi connectivity index (χ4n) is 2.70. The Morgan fingerprint density at radius 2 is 1.95 bits per heavy atom. The lowest BCUT2D eigenvalue weighted by molar-refractivity contribution is 0.0616. The Balaban J connectivity index is 1.87. The number of hydrogen-bond donors (Lipinski definition) is 0. The average molecular weight is 271 g/mol. The number of benzene rings is 1. The summed E-state index contributed by atoms with van der Waals surface area (Å²) in [6.07, 6.45) is 3.40. The normalized spacial score (nSPS) is 19.4. The van der Waals surface area contributed by atoms with Crippen molar-refractivity contribution >= 4 is 17.2 Å². The van der Waals surface area contributed by atoms with Gasteiger partial charge in [-0.25, -0.2) is 0 Å². The molecule has 0 bridgehead atoms. The number of carbonyl (C=O) groups excluding carboxylic acids is 1. The molecule has 3 heteroatoms. The van der Waals surface area contributed by atoms with Gasteiger partial charge >= 0.3 is 0 Å². The summed E-state index contributed by atoms with van der Waals surface area (Å²) in [5, 5.41) is 2.09. The average Bonchev–Trinajstić information content (AvgIpc) is 3.01. The van der Waals surface area contributed by atoms with Gasteiger partial charge in [-0.05, 0) is 42.8 Å². The molecule has 0 saturated carbocycles. The summed E-state index contributed by atoms with van der Waals surface area (Å²) < 4.78 is 0. The third-order valence-electron chi connectivity index (χ3n) is 3.66. The molecule has 1 atom stereocenters. The van der Waals surface area contributed by atoms with E-state index in [0.717, 1.165) is 24.9 Å². The number of likely N-dealkylation sites (tertiary alicyclic amines) is 1. The Morgan fingerprint density at radius 1 is 1.11 bits per heavy atom. The molecule has 0 unspecified atom stereocenters. The van der Waals surface area contributed by atoms with Crippen LogP contribution in [0.2, 0.25) is 0 Å². The molecule has 1 aromatic carbocycles. The van der Waals surface area contributed by atoms with Gasteiger partial charge in [-0.15, -0.1) is 11.3 Å². The fraction of sp³-hybridized carbons (Fsp3) is 0.312. The maximum Gasteiger partial charge on any atom is 0.254 e. The molecule has 2 heterocycles. The van der Waals surface area contributed by atoms with Crippen LogP contribution in [0.25, 0.3) is 0 Å². The largest absolute Gasteiger partial charge is 0.331 e. The molecule has 1 aliphatic heterocycles. The lowest BCUT2D eigenvalue weighted by Crippen LogP contribution is -2.38. The number of rotatable bonds is 2. The van der Waals surface area contributed by atoms with E-state index in [0.29, 0.717) is 0 Å². The second-order valence-corrected chi connectivity index (χ2v) is 5.87. The van der Waals surface area contributed by atoms with Gasteiger partial charge in [-0.1, -0.05) is 24.3 Å². The van der Waals surface area contributed by atoms with Crippen molar-refractivity contribution in [2.45, 2.75) is 25.3 Å². The SMILES string of the molecule is O=C(c1ccccc1)N1CCCC[C@@H]1c1cccs1. The summed E-state index contributed by atoms with van der Waals surface area (Å²) >= 11 is 1.75. The first-order chi connectivity index (χ1) is 9.36. The Bertz CT molecular complexity index is 535. The smallest absolute Gasteiger partial charge is 0.254 e. The van der Waals surface area contributed by atoms with Gasteiger partial charge in [0.25, 0.3) is 5.91 Å². The highest BCUT2D eigenvalue weighted by atomic mass is 32.1. The number of hydrogen-bond acceptors (Lipinski definition) is 2. The molecule has 19 heavy (non-hydrogen) atoms. The van der Waals surface area contributed by atoms with Crippen LogP contribution >= 0.6 is 11.3 Å². The molecule has 0 radical (unpaired) electrons. The number of amides is 1. The summed E-state index contributed by atoms with van der Waals surface area (Å²) in [7, 11) is 0. The molecule has 1 saturated heterocycles. The summed E-state index contributed by atoms with van der Waals surface area (Å²) in [4.78, 5) is 16.0. The number of carbonyl (C=O) groups is 1. The minimum absolute atomic E-state index is 0.165. The molecule has 3 rings (SSSR count). The van der Waals surface area contributed by atoms with Crippen LogP contribution in [0.3, 0.4) is 0 Å². The Labute approximate surface area is 117 Å². The monoisotopic (exact) mass is 271 g/mol. The third kappa shape index (κ3) is 2.56. The van der Waals surface area contributed by atoms with Crippen LogP contribution in [0.1, 0.15) is 40.5 Å². The van der Waals surface area contributed by atoms with E-state index in [9.17, 15) is 4.79 Å². The maximum atomic E-state index is 12.6. The summed E-state index contributed by atoms with van der Waals surface area (Å²) in [6.45, 7) is 0.871. The first-order valence-corrected chi connectivity index (χ1v) is 7.63. The highest BCUT2D eigenvalue weighted by Crippen LogP contribution is 2.34. The van der Waals surface area contributed by atoms with Gasteiger partial charge in [0.15, 0.2) is 0 Å². The number of nitrogens with zero attached hydrogens (tertiary/aromatic N) is 1. The van der Waals surface area contributed by atoms with Crippen molar-refractivity contribution in [2.75, 3.05) is 6.54 Å². The van der Waals surface area contributed by atoms with Gasteiger partial charge < -0.3 is 4.90 Å². The van der Waals surface area contributed by atoms with Gasteiger partial charge in [-0.2, -0.15) is 0 Å². The maximum absolute atomic E-state index is 12.6. The minimum atomic E-state index is 0.165. The second-order valence-electron chi connectivity index (χ2n) is 4.89. The van der Waals surface area contributed by atoms with Gasteiger partial charge in [0.05, 0.1) is 6.04 Å². The van der Waals surface area contributed by atoms with Gasteiger partial charge in [0.2, 0.25) is 0 Å². The first-order valence-electron chi connectivity index (χ1n) is 6.75. The molecule has 1 fully saturated rings. The molecule has 98 valence electrons. The Kier molecular flexibility index (Phi) is 3.65.